The van der Waals surface area contributed by atoms with Crippen molar-refractivity contribution in [3.8, 4) is 11.3 Å². The molecule has 24 heavy (non-hydrogen) atoms. The van der Waals surface area contributed by atoms with Crippen molar-refractivity contribution in [1.29, 1.82) is 0 Å². The van der Waals surface area contributed by atoms with E-state index in [2.05, 4.69) is 10.3 Å². The van der Waals surface area contributed by atoms with Gasteiger partial charge in [0.2, 0.25) is 0 Å². The third-order valence-electron chi connectivity index (χ3n) is 3.68. The van der Waals surface area contributed by atoms with Gasteiger partial charge in [-0.2, -0.15) is 0 Å². The minimum atomic E-state index is -0.464. The Hall–Kier alpha value is -2.89. The fraction of sp³-hybridized carbons (Fsp3) is 0.222. The zero-order valence-corrected chi connectivity index (χ0v) is 13.2. The first-order valence-corrected chi connectivity index (χ1v) is 7.67. The Bertz CT molecular complexity index is 811. The molecule has 2 heterocycles. The van der Waals surface area contributed by atoms with Crippen LogP contribution in [0.25, 0.3) is 11.3 Å². The molecular weight excluding hydrogens is 311 g/mol. The van der Waals surface area contributed by atoms with Crippen molar-refractivity contribution in [2.24, 2.45) is 0 Å². The van der Waals surface area contributed by atoms with Gasteiger partial charge in [0.1, 0.15) is 11.6 Å². The number of amides is 1. The van der Waals surface area contributed by atoms with Crippen molar-refractivity contribution in [3.05, 3.63) is 66.3 Å². The van der Waals surface area contributed by atoms with E-state index in [0.29, 0.717) is 12.8 Å². The SMILES string of the molecule is CC(CCc1ccco1)NC(=O)c1ncoc1-c1ccccc1F. The van der Waals surface area contributed by atoms with Gasteiger partial charge in [-0.25, -0.2) is 9.37 Å². The molecule has 2 aromatic heterocycles. The summed E-state index contributed by atoms with van der Waals surface area (Å²) in [6.45, 7) is 1.89. The Morgan fingerprint density at radius 3 is 2.83 bits per heavy atom. The van der Waals surface area contributed by atoms with Crippen LogP contribution in [0.15, 0.2) is 57.9 Å². The summed E-state index contributed by atoms with van der Waals surface area (Å²) in [6.07, 6.45) is 4.19. The minimum Gasteiger partial charge on any atom is -0.469 e. The van der Waals surface area contributed by atoms with Crippen molar-refractivity contribution >= 4 is 5.91 Å². The smallest absolute Gasteiger partial charge is 0.274 e. The number of nitrogens with zero attached hydrogens (tertiary/aromatic N) is 1. The lowest BCUT2D eigenvalue weighted by molar-refractivity contribution is 0.0934. The van der Waals surface area contributed by atoms with Gasteiger partial charge in [0, 0.05) is 12.5 Å². The molecule has 0 aliphatic rings. The van der Waals surface area contributed by atoms with E-state index in [-0.39, 0.29) is 23.1 Å². The van der Waals surface area contributed by atoms with Crippen molar-refractivity contribution in [3.63, 3.8) is 0 Å². The van der Waals surface area contributed by atoms with Gasteiger partial charge in [-0.05, 0) is 37.6 Å². The fourth-order valence-corrected chi connectivity index (χ4v) is 2.42. The van der Waals surface area contributed by atoms with E-state index < -0.39 is 11.7 Å². The summed E-state index contributed by atoms with van der Waals surface area (Å²) < 4.78 is 24.4. The number of aromatic nitrogens is 1. The Morgan fingerprint density at radius 1 is 1.25 bits per heavy atom. The number of furan rings is 1. The van der Waals surface area contributed by atoms with Gasteiger partial charge in [0.05, 0.1) is 11.8 Å². The number of hydrogen-bond acceptors (Lipinski definition) is 4. The maximum atomic E-state index is 13.9. The molecule has 6 heteroatoms. The van der Waals surface area contributed by atoms with Gasteiger partial charge in [-0.3, -0.25) is 4.79 Å². The standard InChI is InChI=1S/C18H17FN2O3/c1-12(8-9-13-5-4-10-23-13)21-18(22)16-17(24-11-20-16)14-6-2-3-7-15(14)19/h2-7,10-12H,8-9H2,1H3,(H,21,22). The number of hydrogen-bond donors (Lipinski definition) is 1. The van der Waals surface area contributed by atoms with Crippen LogP contribution in [0.3, 0.4) is 0 Å². The van der Waals surface area contributed by atoms with Crippen molar-refractivity contribution in [2.45, 2.75) is 25.8 Å². The zero-order chi connectivity index (χ0) is 16.9. The molecule has 5 nitrogen and oxygen atoms in total. The number of carbonyl (C=O) groups excluding carboxylic acids is 1. The normalized spacial score (nSPS) is 12.1. The molecule has 0 saturated heterocycles. The van der Waals surface area contributed by atoms with E-state index >= 15 is 0 Å². The van der Waals surface area contributed by atoms with Crippen LogP contribution < -0.4 is 5.32 Å². The third kappa shape index (κ3) is 3.53. The molecular formula is C18H17FN2O3. The highest BCUT2D eigenvalue weighted by molar-refractivity contribution is 5.97. The number of benzene rings is 1. The van der Waals surface area contributed by atoms with Gasteiger partial charge in [-0.1, -0.05) is 12.1 Å². The van der Waals surface area contributed by atoms with Crippen LogP contribution in [0.1, 0.15) is 29.6 Å². The molecule has 1 aromatic carbocycles. The molecule has 0 saturated carbocycles. The predicted molar refractivity (Wildman–Crippen MR) is 85.9 cm³/mol. The molecule has 124 valence electrons. The summed E-state index contributed by atoms with van der Waals surface area (Å²) in [5, 5.41) is 2.85. The van der Waals surface area contributed by atoms with Gasteiger partial charge in [0.15, 0.2) is 17.8 Å². The lowest BCUT2D eigenvalue weighted by atomic mass is 10.1. The molecule has 1 atom stereocenters. The van der Waals surface area contributed by atoms with Crippen molar-refractivity contribution < 1.29 is 18.0 Å². The number of carbonyl (C=O) groups is 1. The van der Waals surface area contributed by atoms with Crippen LogP contribution >= 0.6 is 0 Å². The Labute approximate surface area is 138 Å². The quantitative estimate of drug-likeness (QED) is 0.747. The average Bonchev–Trinajstić information content (AvgIpc) is 3.25. The van der Waals surface area contributed by atoms with Gasteiger partial charge in [-0.15, -0.1) is 0 Å². The number of rotatable bonds is 6. The fourth-order valence-electron chi connectivity index (χ4n) is 2.42. The summed E-state index contributed by atoms with van der Waals surface area (Å²) in [6, 6.07) is 9.74. The Balaban J connectivity index is 1.68. The predicted octanol–water partition coefficient (Wildman–Crippen LogP) is 3.82. The lowest BCUT2D eigenvalue weighted by Gasteiger charge is -2.12. The van der Waals surface area contributed by atoms with Crippen LogP contribution in [-0.2, 0) is 6.42 Å². The molecule has 0 radical (unpaired) electrons. The van der Waals surface area contributed by atoms with E-state index in [1.165, 1.54) is 6.07 Å². The van der Waals surface area contributed by atoms with E-state index in [1.807, 2.05) is 19.1 Å². The first kappa shape index (κ1) is 16.0. The van der Waals surface area contributed by atoms with Crippen LogP contribution in [0.4, 0.5) is 4.39 Å². The van der Waals surface area contributed by atoms with E-state index in [0.717, 1.165) is 12.2 Å². The summed E-state index contributed by atoms with van der Waals surface area (Å²) in [5.41, 5.74) is 0.285. The largest absolute Gasteiger partial charge is 0.469 e. The molecule has 0 aliphatic heterocycles. The molecule has 3 rings (SSSR count). The Kier molecular flexibility index (Phi) is 4.74. The summed E-state index contributed by atoms with van der Waals surface area (Å²) >= 11 is 0. The first-order valence-electron chi connectivity index (χ1n) is 7.67. The van der Waals surface area contributed by atoms with Crippen LogP contribution in [0.5, 0.6) is 0 Å². The average molecular weight is 328 g/mol. The first-order chi connectivity index (χ1) is 11.6. The lowest BCUT2D eigenvalue weighted by Crippen LogP contribution is -2.33. The zero-order valence-electron chi connectivity index (χ0n) is 13.2. The van der Waals surface area contributed by atoms with E-state index in [1.54, 1.807) is 24.5 Å². The number of oxazole rings is 1. The van der Waals surface area contributed by atoms with Crippen molar-refractivity contribution in [2.75, 3.05) is 0 Å². The summed E-state index contributed by atoms with van der Waals surface area (Å²) in [5.74, 6) is 0.136. The second-order valence-electron chi connectivity index (χ2n) is 5.50. The highest BCUT2D eigenvalue weighted by atomic mass is 19.1. The highest BCUT2D eigenvalue weighted by Crippen LogP contribution is 2.25. The monoisotopic (exact) mass is 328 g/mol. The topological polar surface area (TPSA) is 68.3 Å². The summed E-state index contributed by atoms with van der Waals surface area (Å²) in [7, 11) is 0. The molecule has 0 aliphatic carbocycles. The third-order valence-corrected chi connectivity index (χ3v) is 3.68. The van der Waals surface area contributed by atoms with Gasteiger partial charge >= 0.3 is 0 Å². The van der Waals surface area contributed by atoms with Crippen LogP contribution in [-0.4, -0.2) is 16.9 Å². The van der Waals surface area contributed by atoms with E-state index in [4.69, 9.17) is 8.83 Å². The summed E-state index contributed by atoms with van der Waals surface area (Å²) in [4.78, 5) is 16.3. The molecule has 0 fully saturated rings. The molecule has 1 N–H and O–H groups in total. The molecule has 1 amide bonds. The van der Waals surface area contributed by atoms with Gasteiger partial charge < -0.3 is 14.2 Å². The maximum Gasteiger partial charge on any atom is 0.274 e. The number of aryl methyl sites for hydroxylation is 1. The second-order valence-corrected chi connectivity index (χ2v) is 5.50. The molecule has 0 bridgehead atoms. The van der Waals surface area contributed by atoms with Gasteiger partial charge in [0.25, 0.3) is 5.91 Å². The molecule has 0 spiro atoms. The highest BCUT2D eigenvalue weighted by Gasteiger charge is 2.21. The minimum absolute atomic E-state index is 0.0740. The number of halogens is 1. The Morgan fingerprint density at radius 2 is 2.08 bits per heavy atom. The van der Waals surface area contributed by atoms with Crippen LogP contribution in [0, 0.1) is 5.82 Å². The van der Waals surface area contributed by atoms with E-state index in [9.17, 15) is 9.18 Å². The van der Waals surface area contributed by atoms with Crippen LogP contribution in [0.2, 0.25) is 0 Å². The number of nitrogens with one attached hydrogen (secondary N) is 1. The molecule has 1 unspecified atom stereocenters. The molecule has 3 aromatic rings. The van der Waals surface area contributed by atoms with Crippen molar-refractivity contribution in [1.82, 2.24) is 10.3 Å². The second kappa shape index (κ2) is 7.12. The maximum absolute atomic E-state index is 13.9.